The SMILES string of the molecule is CCN(Cc1ccc(N)cc1)C(=O)c1cc(F)ccc1C. The average Bonchev–Trinajstić information content (AvgIpc) is 2.48. The fraction of sp³-hybridized carbons (Fsp3) is 0.235. The van der Waals surface area contributed by atoms with Gasteiger partial charge in [0.2, 0.25) is 0 Å². The number of anilines is 1. The summed E-state index contributed by atoms with van der Waals surface area (Å²) < 4.78 is 13.4. The van der Waals surface area contributed by atoms with Gasteiger partial charge >= 0.3 is 0 Å². The van der Waals surface area contributed by atoms with E-state index >= 15 is 0 Å². The van der Waals surface area contributed by atoms with E-state index in [-0.39, 0.29) is 5.91 Å². The van der Waals surface area contributed by atoms with E-state index in [1.807, 2.05) is 26.0 Å². The molecule has 0 saturated carbocycles. The van der Waals surface area contributed by atoms with Gasteiger partial charge in [0, 0.05) is 24.3 Å². The van der Waals surface area contributed by atoms with Gasteiger partial charge in [-0.25, -0.2) is 4.39 Å². The van der Waals surface area contributed by atoms with Crippen LogP contribution in [0.25, 0.3) is 0 Å². The summed E-state index contributed by atoms with van der Waals surface area (Å²) in [5.74, 6) is -0.557. The third-order valence-corrected chi connectivity index (χ3v) is 3.45. The number of halogens is 1. The van der Waals surface area contributed by atoms with E-state index < -0.39 is 5.82 Å². The van der Waals surface area contributed by atoms with Crippen molar-refractivity contribution in [3.05, 3.63) is 65.0 Å². The normalized spacial score (nSPS) is 10.4. The number of nitrogens with two attached hydrogens (primary N) is 1. The molecule has 0 fully saturated rings. The molecule has 0 aromatic heterocycles. The van der Waals surface area contributed by atoms with E-state index in [9.17, 15) is 9.18 Å². The zero-order valence-corrected chi connectivity index (χ0v) is 12.3. The number of carbonyl (C=O) groups is 1. The summed E-state index contributed by atoms with van der Waals surface area (Å²) >= 11 is 0. The van der Waals surface area contributed by atoms with Crippen LogP contribution >= 0.6 is 0 Å². The van der Waals surface area contributed by atoms with Gasteiger partial charge in [0.25, 0.3) is 5.91 Å². The first-order chi connectivity index (χ1) is 10.0. The van der Waals surface area contributed by atoms with Gasteiger partial charge in [0.05, 0.1) is 0 Å². The van der Waals surface area contributed by atoms with E-state index in [0.29, 0.717) is 24.3 Å². The highest BCUT2D eigenvalue weighted by atomic mass is 19.1. The van der Waals surface area contributed by atoms with Crippen LogP contribution in [0.3, 0.4) is 0 Å². The molecule has 0 atom stereocenters. The first kappa shape index (κ1) is 15.0. The molecule has 0 radical (unpaired) electrons. The second-order valence-corrected chi connectivity index (χ2v) is 5.02. The number of nitrogen functional groups attached to an aromatic ring is 1. The van der Waals surface area contributed by atoms with Crippen molar-refractivity contribution in [2.24, 2.45) is 0 Å². The van der Waals surface area contributed by atoms with Gasteiger partial charge in [0.15, 0.2) is 0 Å². The molecule has 110 valence electrons. The average molecular weight is 286 g/mol. The lowest BCUT2D eigenvalue weighted by Gasteiger charge is -2.22. The van der Waals surface area contributed by atoms with Gasteiger partial charge < -0.3 is 10.6 Å². The van der Waals surface area contributed by atoms with Crippen LogP contribution in [0, 0.1) is 12.7 Å². The van der Waals surface area contributed by atoms with E-state index in [1.54, 1.807) is 23.1 Å². The molecule has 0 spiro atoms. The summed E-state index contributed by atoms with van der Waals surface area (Å²) in [5, 5.41) is 0. The van der Waals surface area contributed by atoms with Gasteiger partial charge in [-0.05, 0) is 49.2 Å². The summed E-state index contributed by atoms with van der Waals surface area (Å²) in [5.41, 5.74) is 8.52. The van der Waals surface area contributed by atoms with E-state index in [2.05, 4.69) is 0 Å². The molecule has 1 amide bonds. The largest absolute Gasteiger partial charge is 0.399 e. The molecule has 0 bridgehead atoms. The Hall–Kier alpha value is -2.36. The molecule has 0 aliphatic heterocycles. The van der Waals surface area contributed by atoms with Gasteiger partial charge in [0.1, 0.15) is 5.82 Å². The van der Waals surface area contributed by atoms with Crippen molar-refractivity contribution in [2.45, 2.75) is 20.4 Å². The van der Waals surface area contributed by atoms with Crippen molar-refractivity contribution >= 4 is 11.6 Å². The number of carbonyl (C=O) groups excluding carboxylic acids is 1. The van der Waals surface area contributed by atoms with Crippen LogP contribution < -0.4 is 5.73 Å². The molecular weight excluding hydrogens is 267 g/mol. The topological polar surface area (TPSA) is 46.3 Å². The number of nitrogens with zero attached hydrogens (tertiary/aromatic N) is 1. The minimum Gasteiger partial charge on any atom is -0.399 e. The number of benzene rings is 2. The number of aryl methyl sites for hydroxylation is 1. The molecule has 2 aromatic rings. The van der Waals surface area contributed by atoms with Crippen molar-refractivity contribution in [3.63, 3.8) is 0 Å². The Kier molecular flexibility index (Phi) is 4.58. The minimum absolute atomic E-state index is 0.161. The molecule has 0 saturated heterocycles. The lowest BCUT2D eigenvalue weighted by molar-refractivity contribution is 0.0751. The standard InChI is InChI=1S/C17H19FN2O/c1-3-20(11-13-5-8-15(19)9-6-13)17(21)16-10-14(18)7-4-12(16)2/h4-10H,3,11,19H2,1-2H3. The fourth-order valence-corrected chi connectivity index (χ4v) is 2.17. The maximum absolute atomic E-state index is 13.4. The Bertz CT molecular complexity index is 638. The summed E-state index contributed by atoms with van der Waals surface area (Å²) in [6, 6.07) is 11.7. The number of hydrogen-bond donors (Lipinski definition) is 1. The zero-order chi connectivity index (χ0) is 15.4. The summed E-state index contributed by atoms with van der Waals surface area (Å²) in [4.78, 5) is 14.2. The highest BCUT2D eigenvalue weighted by Crippen LogP contribution is 2.16. The zero-order valence-electron chi connectivity index (χ0n) is 12.3. The Morgan fingerprint density at radius 2 is 1.86 bits per heavy atom. The first-order valence-corrected chi connectivity index (χ1v) is 6.91. The van der Waals surface area contributed by atoms with Gasteiger partial charge in [-0.1, -0.05) is 18.2 Å². The molecule has 2 rings (SSSR count). The second kappa shape index (κ2) is 6.39. The highest BCUT2D eigenvalue weighted by molar-refractivity contribution is 5.95. The Morgan fingerprint density at radius 3 is 2.48 bits per heavy atom. The Morgan fingerprint density at radius 1 is 1.19 bits per heavy atom. The first-order valence-electron chi connectivity index (χ1n) is 6.91. The summed E-state index contributed by atoms with van der Waals surface area (Å²) in [6.07, 6.45) is 0. The predicted octanol–water partition coefficient (Wildman–Crippen LogP) is 3.38. The van der Waals surface area contributed by atoms with Crippen LogP contribution in [0.2, 0.25) is 0 Å². The highest BCUT2D eigenvalue weighted by Gasteiger charge is 2.17. The lowest BCUT2D eigenvalue weighted by Crippen LogP contribution is -2.30. The quantitative estimate of drug-likeness (QED) is 0.876. The van der Waals surface area contributed by atoms with Crippen LogP contribution in [0.4, 0.5) is 10.1 Å². The smallest absolute Gasteiger partial charge is 0.254 e. The number of rotatable bonds is 4. The van der Waals surface area contributed by atoms with Gasteiger partial charge in [-0.2, -0.15) is 0 Å². The third kappa shape index (κ3) is 3.60. The molecule has 0 unspecified atom stereocenters. The molecule has 3 nitrogen and oxygen atoms in total. The van der Waals surface area contributed by atoms with E-state index in [4.69, 9.17) is 5.73 Å². The van der Waals surface area contributed by atoms with Crippen LogP contribution in [-0.2, 0) is 6.54 Å². The molecule has 0 heterocycles. The molecule has 0 aliphatic carbocycles. The fourth-order valence-electron chi connectivity index (χ4n) is 2.17. The van der Waals surface area contributed by atoms with Crippen molar-refractivity contribution in [3.8, 4) is 0 Å². The summed E-state index contributed by atoms with van der Waals surface area (Å²) in [7, 11) is 0. The maximum Gasteiger partial charge on any atom is 0.254 e. The van der Waals surface area contributed by atoms with E-state index in [0.717, 1.165) is 11.1 Å². The Balaban J connectivity index is 2.22. The molecule has 21 heavy (non-hydrogen) atoms. The van der Waals surface area contributed by atoms with Crippen LogP contribution in [0.15, 0.2) is 42.5 Å². The van der Waals surface area contributed by atoms with Crippen molar-refractivity contribution in [2.75, 3.05) is 12.3 Å². The van der Waals surface area contributed by atoms with Crippen molar-refractivity contribution in [1.29, 1.82) is 0 Å². The third-order valence-electron chi connectivity index (χ3n) is 3.45. The molecule has 4 heteroatoms. The Labute approximate surface area is 124 Å². The second-order valence-electron chi connectivity index (χ2n) is 5.02. The van der Waals surface area contributed by atoms with Gasteiger partial charge in [-0.3, -0.25) is 4.79 Å². The molecule has 0 aliphatic rings. The summed E-state index contributed by atoms with van der Waals surface area (Å²) in [6.45, 7) is 4.75. The van der Waals surface area contributed by atoms with Crippen LogP contribution in [0.1, 0.15) is 28.4 Å². The van der Waals surface area contributed by atoms with Crippen molar-refractivity contribution in [1.82, 2.24) is 4.90 Å². The van der Waals surface area contributed by atoms with Crippen LogP contribution in [0.5, 0.6) is 0 Å². The van der Waals surface area contributed by atoms with Crippen molar-refractivity contribution < 1.29 is 9.18 Å². The maximum atomic E-state index is 13.4. The predicted molar refractivity (Wildman–Crippen MR) is 82.4 cm³/mol. The lowest BCUT2D eigenvalue weighted by atomic mass is 10.1. The molecular formula is C17H19FN2O. The number of amides is 1. The minimum atomic E-state index is -0.396. The molecule has 2 aromatic carbocycles. The molecule has 2 N–H and O–H groups in total. The van der Waals surface area contributed by atoms with Crippen LogP contribution in [-0.4, -0.2) is 17.4 Å². The van der Waals surface area contributed by atoms with E-state index in [1.165, 1.54) is 12.1 Å². The monoisotopic (exact) mass is 286 g/mol. The van der Waals surface area contributed by atoms with Gasteiger partial charge in [-0.15, -0.1) is 0 Å². The number of hydrogen-bond acceptors (Lipinski definition) is 2.